The van der Waals surface area contributed by atoms with E-state index in [0.717, 1.165) is 40.4 Å². The second-order valence-electron chi connectivity index (χ2n) is 5.51. The zero-order chi connectivity index (χ0) is 18.9. The Morgan fingerprint density at radius 2 is 1.92 bits per heavy atom. The lowest BCUT2D eigenvalue weighted by Gasteiger charge is -2.08. The van der Waals surface area contributed by atoms with E-state index in [0.29, 0.717) is 5.56 Å². The fourth-order valence-corrected chi connectivity index (χ4v) is 3.38. The minimum atomic E-state index is -4.54. The molecule has 0 aliphatic carbocycles. The van der Waals surface area contributed by atoms with Crippen LogP contribution in [0.4, 0.5) is 13.2 Å². The standard InChI is InChI=1S/C17H13ClF3N3OS/c1-2-10-3-5-11(6-4-10)14(25)9-26-16-23-22-15-13(18)7-12(8-24(15)16)17(19,20)21/h3-8H,2,9H2,1H3. The molecular formula is C17H13ClF3N3OS. The van der Waals surface area contributed by atoms with Crippen LogP contribution < -0.4 is 0 Å². The summed E-state index contributed by atoms with van der Waals surface area (Å²) in [6.45, 7) is 2.02. The van der Waals surface area contributed by atoms with E-state index in [-0.39, 0.29) is 27.4 Å². The third-order valence-corrected chi connectivity index (χ3v) is 4.99. The van der Waals surface area contributed by atoms with Crippen LogP contribution in [0.15, 0.2) is 41.7 Å². The number of ketones is 1. The summed E-state index contributed by atoms with van der Waals surface area (Å²) in [6.07, 6.45) is -2.79. The van der Waals surface area contributed by atoms with Gasteiger partial charge in [0.1, 0.15) is 0 Å². The number of carbonyl (C=O) groups is 1. The predicted molar refractivity (Wildman–Crippen MR) is 93.9 cm³/mol. The number of aromatic nitrogens is 3. The lowest BCUT2D eigenvalue weighted by atomic mass is 10.1. The van der Waals surface area contributed by atoms with Crippen molar-refractivity contribution in [1.29, 1.82) is 0 Å². The van der Waals surface area contributed by atoms with Gasteiger partial charge < -0.3 is 0 Å². The first-order chi connectivity index (χ1) is 12.3. The molecule has 0 amide bonds. The van der Waals surface area contributed by atoms with E-state index in [1.54, 1.807) is 12.1 Å². The smallest absolute Gasteiger partial charge is 0.293 e. The molecule has 0 saturated carbocycles. The topological polar surface area (TPSA) is 47.3 Å². The molecule has 1 aromatic carbocycles. The number of fused-ring (bicyclic) bond motifs is 1. The van der Waals surface area contributed by atoms with E-state index in [1.807, 2.05) is 19.1 Å². The number of carbonyl (C=O) groups excluding carboxylic acids is 1. The molecule has 0 spiro atoms. The third kappa shape index (κ3) is 3.86. The summed E-state index contributed by atoms with van der Waals surface area (Å²) in [5, 5.41) is 7.66. The molecule has 0 saturated heterocycles. The number of benzene rings is 1. The van der Waals surface area contributed by atoms with Crippen LogP contribution >= 0.6 is 23.4 Å². The highest BCUT2D eigenvalue weighted by Gasteiger charge is 2.32. The Morgan fingerprint density at radius 1 is 1.23 bits per heavy atom. The maximum atomic E-state index is 13.0. The van der Waals surface area contributed by atoms with Crippen molar-refractivity contribution in [3.63, 3.8) is 0 Å². The summed E-state index contributed by atoms with van der Waals surface area (Å²) < 4.78 is 40.0. The average molecular weight is 400 g/mol. The number of aryl methyl sites for hydroxylation is 1. The van der Waals surface area contributed by atoms with Gasteiger partial charge in [-0.2, -0.15) is 13.2 Å². The number of hydrogen-bond acceptors (Lipinski definition) is 4. The van der Waals surface area contributed by atoms with Gasteiger partial charge in [0.25, 0.3) is 0 Å². The van der Waals surface area contributed by atoms with Gasteiger partial charge in [0.05, 0.1) is 16.3 Å². The van der Waals surface area contributed by atoms with Gasteiger partial charge in [-0.05, 0) is 18.1 Å². The van der Waals surface area contributed by atoms with Crippen LogP contribution in [0.5, 0.6) is 0 Å². The maximum Gasteiger partial charge on any atom is 0.417 e. The fraction of sp³-hybridized carbons (Fsp3) is 0.235. The molecule has 0 bridgehead atoms. The Balaban J connectivity index is 1.82. The Labute approximate surface area is 156 Å². The summed E-state index contributed by atoms with van der Waals surface area (Å²) in [5.41, 5.74) is 0.865. The second-order valence-corrected chi connectivity index (χ2v) is 6.86. The molecule has 9 heteroatoms. The molecule has 2 heterocycles. The summed E-state index contributed by atoms with van der Waals surface area (Å²) in [6, 6.07) is 8.03. The average Bonchev–Trinajstić information content (AvgIpc) is 3.02. The van der Waals surface area contributed by atoms with Gasteiger partial charge in [-0.1, -0.05) is 54.6 Å². The summed E-state index contributed by atoms with van der Waals surface area (Å²) >= 11 is 6.88. The second kappa shape index (κ2) is 7.28. The van der Waals surface area contributed by atoms with Crippen molar-refractivity contribution in [2.45, 2.75) is 24.7 Å². The van der Waals surface area contributed by atoms with Crippen LogP contribution in [0.3, 0.4) is 0 Å². The number of thioether (sulfide) groups is 1. The molecule has 2 aromatic heterocycles. The third-order valence-electron chi connectivity index (χ3n) is 3.77. The molecule has 3 aromatic rings. The van der Waals surface area contributed by atoms with Crippen molar-refractivity contribution >= 4 is 34.8 Å². The van der Waals surface area contributed by atoms with Crippen molar-refractivity contribution in [2.24, 2.45) is 0 Å². The summed E-state index contributed by atoms with van der Waals surface area (Å²) in [4.78, 5) is 12.3. The molecule has 4 nitrogen and oxygen atoms in total. The first-order valence-corrected chi connectivity index (χ1v) is 9.02. The molecule has 0 aliphatic heterocycles. The Bertz CT molecular complexity index is 954. The Kier molecular flexibility index (Phi) is 5.24. The molecule has 0 fully saturated rings. The van der Waals surface area contributed by atoms with Gasteiger partial charge >= 0.3 is 6.18 Å². The number of rotatable bonds is 5. The highest BCUT2D eigenvalue weighted by atomic mass is 35.5. The van der Waals surface area contributed by atoms with E-state index in [4.69, 9.17) is 11.6 Å². The van der Waals surface area contributed by atoms with E-state index >= 15 is 0 Å². The van der Waals surface area contributed by atoms with Crippen LogP contribution in [0, 0.1) is 0 Å². The van der Waals surface area contributed by atoms with Gasteiger partial charge in [-0.3, -0.25) is 9.20 Å². The van der Waals surface area contributed by atoms with Crippen molar-refractivity contribution < 1.29 is 18.0 Å². The van der Waals surface area contributed by atoms with Gasteiger partial charge in [-0.25, -0.2) is 0 Å². The van der Waals surface area contributed by atoms with Gasteiger partial charge in [0.2, 0.25) is 0 Å². The molecule has 0 radical (unpaired) electrons. The Morgan fingerprint density at radius 3 is 2.54 bits per heavy atom. The van der Waals surface area contributed by atoms with Gasteiger partial charge in [-0.15, -0.1) is 10.2 Å². The fourth-order valence-electron chi connectivity index (χ4n) is 2.33. The van der Waals surface area contributed by atoms with Crippen molar-refractivity contribution in [1.82, 2.24) is 14.6 Å². The van der Waals surface area contributed by atoms with Crippen LogP contribution in [0.2, 0.25) is 5.02 Å². The Hall–Kier alpha value is -2.06. The van der Waals surface area contributed by atoms with E-state index < -0.39 is 11.7 Å². The van der Waals surface area contributed by atoms with Crippen molar-refractivity contribution in [2.75, 3.05) is 5.75 Å². The van der Waals surface area contributed by atoms with E-state index in [2.05, 4.69) is 10.2 Å². The highest BCUT2D eigenvalue weighted by molar-refractivity contribution is 7.99. The number of halogens is 4. The van der Waals surface area contributed by atoms with Gasteiger partial charge in [0.15, 0.2) is 16.6 Å². The zero-order valence-electron chi connectivity index (χ0n) is 13.5. The lowest BCUT2D eigenvalue weighted by Crippen LogP contribution is -2.07. The normalized spacial score (nSPS) is 11.9. The van der Waals surface area contributed by atoms with Crippen LogP contribution in [-0.2, 0) is 12.6 Å². The van der Waals surface area contributed by atoms with Crippen LogP contribution in [0.25, 0.3) is 5.65 Å². The highest BCUT2D eigenvalue weighted by Crippen LogP contribution is 2.33. The largest absolute Gasteiger partial charge is 0.417 e. The zero-order valence-corrected chi connectivity index (χ0v) is 15.1. The van der Waals surface area contributed by atoms with Crippen molar-refractivity contribution in [3.8, 4) is 0 Å². The summed E-state index contributed by atoms with van der Waals surface area (Å²) in [7, 11) is 0. The predicted octanol–water partition coefficient (Wildman–Crippen LogP) is 4.94. The quantitative estimate of drug-likeness (QED) is 0.450. The monoisotopic (exact) mass is 399 g/mol. The molecule has 0 aliphatic rings. The molecule has 136 valence electrons. The van der Waals surface area contributed by atoms with Crippen molar-refractivity contribution in [3.05, 3.63) is 58.2 Å². The van der Waals surface area contributed by atoms with Gasteiger partial charge in [0, 0.05) is 11.8 Å². The van der Waals surface area contributed by atoms with Crippen LogP contribution in [0.1, 0.15) is 28.4 Å². The number of pyridine rings is 1. The van der Waals surface area contributed by atoms with Crippen LogP contribution in [-0.4, -0.2) is 26.1 Å². The minimum absolute atomic E-state index is 0.0279. The molecule has 0 atom stereocenters. The SMILES string of the molecule is CCc1ccc(C(=O)CSc2nnc3c(Cl)cc(C(F)(F)F)cn23)cc1. The summed E-state index contributed by atoms with van der Waals surface area (Å²) in [5.74, 6) is -0.118. The maximum absolute atomic E-state index is 13.0. The molecule has 26 heavy (non-hydrogen) atoms. The number of hydrogen-bond donors (Lipinski definition) is 0. The molecule has 3 rings (SSSR count). The lowest BCUT2D eigenvalue weighted by molar-refractivity contribution is -0.137. The molecule has 0 unspecified atom stereocenters. The minimum Gasteiger partial charge on any atom is -0.293 e. The van der Waals surface area contributed by atoms with E-state index in [9.17, 15) is 18.0 Å². The molecule has 0 N–H and O–H groups in total. The van der Waals surface area contributed by atoms with E-state index in [1.165, 1.54) is 0 Å². The number of nitrogens with zero attached hydrogens (tertiary/aromatic N) is 3. The number of Topliss-reactive ketones (excluding diaryl/α,β-unsaturated/α-hetero) is 1. The molecular weight excluding hydrogens is 387 g/mol. The number of alkyl halides is 3. The first-order valence-electron chi connectivity index (χ1n) is 7.66. The first kappa shape index (κ1) is 18.7.